The summed E-state index contributed by atoms with van der Waals surface area (Å²) in [6, 6.07) is 0. The summed E-state index contributed by atoms with van der Waals surface area (Å²) in [4.78, 5) is 24.9. The molecule has 2 heterocycles. The van der Waals surface area contributed by atoms with Crippen molar-refractivity contribution < 1.29 is 39.5 Å². The van der Waals surface area contributed by atoms with Gasteiger partial charge in [0.15, 0.2) is 0 Å². The molecule has 6 aliphatic rings. The second kappa shape index (κ2) is 7.71. The molecule has 0 aromatic carbocycles. The van der Waals surface area contributed by atoms with Gasteiger partial charge in [-0.15, -0.1) is 0 Å². The third-order valence-corrected chi connectivity index (χ3v) is 12.7. The number of hydrogen-bond donors (Lipinski definition) is 4. The van der Waals surface area contributed by atoms with E-state index in [0.29, 0.717) is 25.7 Å². The number of fused-ring (bicyclic) bond motifs is 2. The molecule has 0 bridgehead atoms. The van der Waals surface area contributed by atoms with Gasteiger partial charge in [-0.3, -0.25) is 0 Å². The predicted molar refractivity (Wildman–Crippen MR) is 136 cm³/mol. The normalized spacial score (nSPS) is 52.2. The molecule has 8 heteroatoms. The van der Waals surface area contributed by atoms with Crippen LogP contribution in [0.25, 0.3) is 0 Å². The van der Waals surface area contributed by atoms with E-state index in [9.17, 15) is 30.0 Å². The molecule has 2 aliphatic heterocycles. The van der Waals surface area contributed by atoms with Crippen LogP contribution in [0.4, 0.5) is 0 Å². The van der Waals surface area contributed by atoms with Gasteiger partial charge in [0.05, 0.1) is 24.4 Å². The fraction of sp³-hybridized carbons (Fsp3) is 0.800. The number of carbonyl (C=O) groups is 2. The van der Waals surface area contributed by atoms with Gasteiger partial charge < -0.3 is 29.9 Å². The lowest BCUT2D eigenvalue weighted by Crippen LogP contribution is -2.66. The van der Waals surface area contributed by atoms with E-state index >= 15 is 0 Å². The van der Waals surface area contributed by atoms with Crippen LogP contribution in [0.15, 0.2) is 23.8 Å². The summed E-state index contributed by atoms with van der Waals surface area (Å²) in [7, 11) is 0. The van der Waals surface area contributed by atoms with Crippen molar-refractivity contribution in [2.24, 2.45) is 39.4 Å². The summed E-state index contributed by atoms with van der Waals surface area (Å²) in [6.45, 7) is 9.36. The average Bonchev–Trinajstić information content (AvgIpc) is 3.40. The van der Waals surface area contributed by atoms with Crippen LogP contribution in [-0.2, 0) is 19.1 Å². The molecule has 0 amide bonds. The molecular weight excluding hydrogens is 488 g/mol. The minimum absolute atomic E-state index is 0.0823. The molecule has 38 heavy (non-hydrogen) atoms. The van der Waals surface area contributed by atoms with E-state index in [2.05, 4.69) is 13.8 Å². The summed E-state index contributed by atoms with van der Waals surface area (Å²) < 4.78 is 11.4. The van der Waals surface area contributed by atoms with Crippen LogP contribution in [0, 0.1) is 39.4 Å². The van der Waals surface area contributed by atoms with Crippen LogP contribution >= 0.6 is 0 Å². The molecule has 4 aliphatic carbocycles. The summed E-state index contributed by atoms with van der Waals surface area (Å²) in [5.41, 5.74) is -3.81. The van der Waals surface area contributed by atoms with E-state index in [0.717, 1.165) is 12.8 Å². The fourth-order valence-electron chi connectivity index (χ4n) is 10.9. The first-order valence-electron chi connectivity index (χ1n) is 14.1. The highest BCUT2D eigenvalue weighted by Crippen LogP contribution is 2.87. The zero-order valence-electron chi connectivity index (χ0n) is 23.1. The Hall–Kier alpha value is -1.74. The van der Waals surface area contributed by atoms with Gasteiger partial charge in [0.2, 0.25) is 0 Å². The van der Waals surface area contributed by atoms with E-state index in [1.165, 1.54) is 6.08 Å². The van der Waals surface area contributed by atoms with Gasteiger partial charge in [-0.1, -0.05) is 26.0 Å². The lowest BCUT2D eigenvalue weighted by atomic mass is 9.42. The lowest BCUT2D eigenvalue weighted by molar-refractivity contribution is -0.236. The number of hydrogen-bond acceptors (Lipinski definition) is 8. The monoisotopic (exact) mass is 530 g/mol. The van der Waals surface area contributed by atoms with Crippen molar-refractivity contribution in [2.75, 3.05) is 6.61 Å². The molecule has 6 rings (SSSR count). The number of rotatable bonds is 3. The molecule has 0 aromatic heterocycles. The van der Waals surface area contributed by atoms with Crippen LogP contribution in [0.1, 0.15) is 73.1 Å². The molecule has 2 spiro atoms. The van der Waals surface area contributed by atoms with Crippen molar-refractivity contribution in [3.63, 3.8) is 0 Å². The molecule has 0 aromatic rings. The molecule has 11 atom stereocenters. The second-order valence-corrected chi connectivity index (χ2v) is 14.3. The van der Waals surface area contributed by atoms with Crippen molar-refractivity contribution in [3.8, 4) is 0 Å². The summed E-state index contributed by atoms with van der Waals surface area (Å²) in [5.74, 6) is -1.53. The first-order valence-corrected chi connectivity index (χ1v) is 14.1. The predicted octanol–water partition coefficient (Wildman–Crippen LogP) is 2.42. The fourth-order valence-corrected chi connectivity index (χ4v) is 10.9. The molecule has 0 saturated heterocycles. The van der Waals surface area contributed by atoms with Crippen molar-refractivity contribution >= 4 is 11.9 Å². The number of aliphatic hydroxyl groups excluding tert-OH is 3. The SMILES string of the molecule is CC1(C)OC(=O)C=C[C@]23C[C@]24C[C@H](O)[C@]2(C)[C@@H]([C@@](C)(O)[C@H]5CC=C(CO)C(=O)O5)CC[C@@]2(C)[C@@H]4C[C@H](O)[C@@H]13. The molecule has 0 radical (unpaired) electrons. The highest BCUT2D eigenvalue weighted by Gasteiger charge is 2.85. The molecule has 4 N–H and O–H groups in total. The van der Waals surface area contributed by atoms with Crippen molar-refractivity contribution in [2.45, 2.75) is 103 Å². The van der Waals surface area contributed by atoms with Crippen LogP contribution in [0.3, 0.4) is 0 Å². The van der Waals surface area contributed by atoms with Crippen LogP contribution in [0.2, 0.25) is 0 Å². The number of aliphatic hydroxyl groups is 4. The zero-order valence-corrected chi connectivity index (χ0v) is 23.1. The Kier molecular flexibility index (Phi) is 5.37. The van der Waals surface area contributed by atoms with Gasteiger partial charge in [-0.2, -0.15) is 0 Å². The Morgan fingerprint density at radius 3 is 2.53 bits per heavy atom. The van der Waals surface area contributed by atoms with Crippen LogP contribution in [-0.4, -0.2) is 68.5 Å². The topological polar surface area (TPSA) is 134 Å². The zero-order chi connectivity index (χ0) is 27.7. The maximum absolute atomic E-state index is 12.5. The van der Waals surface area contributed by atoms with Crippen LogP contribution < -0.4 is 0 Å². The average molecular weight is 531 g/mol. The van der Waals surface area contributed by atoms with Crippen LogP contribution in [0.5, 0.6) is 0 Å². The molecular formula is C30H42O8. The number of carbonyl (C=O) groups excluding carboxylic acids is 2. The maximum atomic E-state index is 12.5. The second-order valence-electron chi connectivity index (χ2n) is 14.3. The molecule has 4 saturated carbocycles. The van der Waals surface area contributed by atoms with E-state index in [1.54, 1.807) is 13.0 Å². The highest BCUT2D eigenvalue weighted by atomic mass is 16.6. The summed E-state index contributed by atoms with van der Waals surface area (Å²) >= 11 is 0. The van der Waals surface area contributed by atoms with E-state index in [4.69, 9.17) is 9.47 Å². The highest BCUT2D eigenvalue weighted by molar-refractivity contribution is 5.89. The maximum Gasteiger partial charge on any atom is 0.336 e. The Bertz CT molecular complexity index is 1140. The minimum Gasteiger partial charge on any atom is -0.456 e. The van der Waals surface area contributed by atoms with Gasteiger partial charge in [-0.25, -0.2) is 9.59 Å². The molecule has 4 fully saturated rings. The first kappa shape index (κ1) is 26.5. The van der Waals surface area contributed by atoms with E-state index in [1.807, 2.05) is 19.9 Å². The van der Waals surface area contributed by atoms with Gasteiger partial charge in [0.25, 0.3) is 0 Å². The molecule has 210 valence electrons. The third kappa shape index (κ3) is 2.95. The van der Waals surface area contributed by atoms with Gasteiger partial charge in [-0.05, 0) is 75.5 Å². The summed E-state index contributed by atoms with van der Waals surface area (Å²) in [5, 5.41) is 45.1. The smallest absolute Gasteiger partial charge is 0.336 e. The standard InChI is InChI=1S/C30H42O8/c1-25(2)23-17(32)12-19-26(3)10-8-18(28(5,36)21-7-6-16(14-31)24(35)37-21)27(26,4)20(33)13-30(19)15-29(23,30)11-9-22(34)38-25/h6,9,11,17-21,23,31-33,36H,7-8,10,12-15H2,1-5H3/t17-,18-,19-,20-,21+,23-,26-,27-,28+,29+,30-/m0/s1. The van der Waals surface area contributed by atoms with Gasteiger partial charge in [0, 0.05) is 29.2 Å². The molecule has 8 nitrogen and oxygen atoms in total. The van der Waals surface area contributed by atoms with E-state index < -0.39 is 64.3 Å². The number of allylic oxidation sites excluding steroid dienone is 1. The number of ether oxygens (including phenoxy) is 2. The third-order valence-electron chi connectivity index (χ3n) is 12.7. The van der Waals surface area contributed by atoms with Crippen molar-refractivity contribution in [1.29, 1.82) is 0 Å². The Balaban J connectivity index is 1.39. The number of esters is 2. The molecule has 0 unspecified atom stereocenters. The largest absolute Gasteiger partial charge is 0.456 e. The van der Waals surface area contributed by atoms with Gasteiger partial charge in [0.1, 0.15) is 17.3 Å². The Labute approximate surface area is 224 Å². The van der Waals surface area contributed by atoms with Gasteiger partial charge >= 0.3 is 11.9 Å². The van der Waals surface area contributed by atoms with E-state index in [-0.39, 0.29) is 28.7 Å². The minimum atomic E-state index is -1.40. The summed E-state index contributed by atoms with van der Waals surface area (Å²) in [6.07, 6.45) is 6.55. The Morgan fingerprint density at radius 1 is 1.16 bits per heavy atom. The van der Waals surface area contributed by atoms with Crippen molar-refractivity contribution in [1.82, 2.24) is 0 Å². The first-order chi connectivity index (χ1) is 17.6. The number of cyclic esters (lactones) is 2. The quantitative estimate of drug-likeness (QED) is 0.409. The Morgan fingerprint density at radius 2 is 1.87 bits per heavy atom. The lowest BCUT2D eigenvalue weighted by Gasteiger charge is -2.64. The van der Waals surface area contributed by atoms with Crippen molar-refractivity contribution in [3.05, 3.63) is 23.8 Å².